The van der Waals surface area contributed by atoms with Crippen molar-refractivity contribution in [3.63, 3.8) is 0 Å². The number of likely N-dealkylation sites (tertiary alicyclic amines) is 4. The zero-order chi connectivity index (χ0) is 82.8. The molecular formula is C79H116AgCl3F6I2N10O10+2. The number of nitro groups is 1. The molecule has 0 saturated carbocycles. The Morgan fingerprint density at radius 3 is 0.973 bits per heavy atom. The van der Waals surface area contributed by atoms with Gasteiger partial charge in [-0.15, -0.1) is 58.9 Å². The van der Waals surface area contributed by atoms with Gasteiger partial charge in [0.2, 0.25) is 5.91 Å². The zero-order valence-electron chi connectivity index (χ0n) is 67.1. The number of hydrogen-bond acceptors (Lipinski definition) is 11. The van der Waals surface area contributed by atoms with Crippen LogP contribution in [-0.4, -0.2) is 160 Å². The summed E-state index contributed by atoms with van der Waals surface area (Å²) in [5.41, 5.74) is 17.4. The first-order valence-corrected chi connectivity index (χ1v) is 39.4. The number of nitrogen functional groups attached to an aromatic ring is 1. The van der Waals surface area contributed by atoms with E-state index in [0.717, 1.165) is 184 Å². The van der Waals surface area contributed by atoms with Crippen molar-refractivity contribution >= 4 is 133 Å². The minimum atomic E-state index is -1.50. The minimum absolute atomic E-state index is 0. The van der Waals surface area contributed by atoms with Crippen LogP contribution < -0.4 is 21.7 Å². The van der Waals surface area contributed by atoms with E-state index in [1.807, 2.05) is 85.4 Å². The van der Waals surface area contributed by atoms with Gasteiger partial charge in [-0.2, -0.15) is 0 Å². The van der Waals surface area contributed by atoms with Crippen LogP contribution in [0.5, 0.6) is 0 Å². The molecule has 10 rings (SSSR count). The third-order valence-corrected chi connectivity index (χ3v) is 19.0. The quantitative estimate of drug-likeness (QED) is 0.0121. The van der Waals surface area contributed by atoms with Gasteiger partial charge in [-0.25, -0.2) is 26.3 Å². The molecule has 0 bridgehead atoms. The summed E-state index contributed by atoms with van der Waals surface area (Å²) in [5, 5.41) is 41.7. The molecule has 4 aliphatic rings. The molecule has 7 N–H and O–H groups in total. The second kappa shape index (κ2) is 54.0. The first-order chi connectivity index (χ1) is 50.4. The Morgan fingerprint density at radius 1 is 0.468 bits per heavy atom. The molecule has 0 radical (unpaired) electrons. The number of piperidine rings is 4. The average molecular weight is 1950 g/mol. The molecule has 111 heavy (non-hydrogen) atoms. The van der Waals surface area contributed by atoms with E-state index in [1.54, 1.807) is 13.8 Å². The van der Waals surface area contributed by atoms with Gasteiger partial charge in [0, 0.05) is 46.7 Å². The molecule has 20 nitrogen and oxygen atoms in total. The third kappa shape index (κ3) is 38.4. The van der Waals surface area contributed by atoms with Crippen molar-refractivity contribution < 1.29 is 94.8 Å². The van der Waals surface area contributed by atoms with Crippen LogP contribution in [0.15, 0.2) is 78.9 Å². The number of benzene rings is 6. The molecule has 32 heteroatoms. The van der Waals surface area contributed by atoms with Gasteiger partial charge in [0.05, 0.1) is 52.2 Å². The molecule has 4 saturated heterocycles. The Labute approximate surface area is 711 Å². The third-order valence-electron chi connectivity index (χ3n) is 19.0. The molecule has 0 aliphatic carbocycles. The number of halogens is 11. The molecule has 4 aliphatic heterocycles. The number of carboxylic acid groups (broad SMARTS) is 1. The van der Waals surface area contributed by atoms with E-state index in [0.29, 0.717) is 16.8 Å². The number of amides is 3. The van der Waals surface area contributed by atoms with E-state index in [1.165, 1.54) is 87.4 Å². The summed E-state index contributed by atoms with van der Waals surface area (Å²) in [6.07, 6.45) is 12.5. The Balaban J connectivity index is -0.00000122. The normalized spacial score (nSPS) is 16.9. The SMILES string of the molecule is CI.CN1CCCCC1C(=O)O.Cc1cc(C)cc(F)c1.Cc1cc(F)cc(C)c1N.Cc1cc(F)cc(C)c1NC(=O)C1CCCCN1C.Cc1cc(F)cc(C)c1NC(=O)C1CCCC[N+]1(C)C.Cc1cc(F)cc(C)c1NC(=O)C1CCCC[N+]1(C)C.Cc1cc(F)cc(C)c1[N+](=O)[O-].Cl.Cl.I.O=[N+]([O-])O.[Cl][Ag]. The van der Waals surface area contributed by atoms with Crippen molar-refractivity contribution in [3.8, 4) is 0 Å². The Hall–Kier alpha value is -5.91. The van der Waals surface area contributed by atoms with Crippen LogP contribution in [0.2, 0.25) is 0 Å². The van der Waals surface area contributed by atoms with Gasteiger partial charge in [-0.05, 0) is 295 Å². The summed E-state index contributed by atoms with van der Waals surface area (Å²) in [5.74, 6) is -2.14. The predicted molar refractivity (Wildman–Crippen MR) is 454 cm³/mol. The van der Waals surface area contributed by atoms with E-state index in [9.17, 15) is 55.6 Å². The summed E-state index contributed by atoms with van der Waals surface area (Å²) >= 11 is 4.57. The average Bonchev–Trinajstić information content (AvgIpc) is 0.815. The summed E-state index contributed by atoms with van der Waals surface area (Å²) in [4.78, 5) is 72.2. The van der Waals surface area contributed by atoms with Crippen LogP contribution in [0.3, 0.4) is 0 Å². The standard InChI is InChI=1S/2C16H23FN2O.C15H21FN2O.C8H8FNO2.C8H10FN.C8H9F.C7H13NO2.CH3I.Ag.3ClH.HI.HNO3/c2*1-11-9-13(17)10-12(2)15(11)18-16(20)14-7-5-6-8-19(14,3)4;1-10-8-12(16)9-11(2)14(10)17-15(19)13-6-4-5-7-18(13)3;1-5-3-7(9)4-6(2)8(5)10(11)12;1-5-3-7(9)4-6(2)8(5)10;1-6-3-7(2)5-8(9)4-6;1-8-5-3-2-4-6(8)7(9)10;1-2;;;;;;2-1(3)4/h2*9-10,14H,5-8H2,1-4H3;8-9,13H,4-7H2,1-3H3,(H,17,19);3-4H,1-2H3;3-4H,10H2,1-2H3;3-5H,1-2H3;6H,2-5H2,1H3,(H,9,10);1H3;;4*1H;(H,2,3,4)/q;;;;;;;;+1;;;;;/p+1. The van der Waals surface area contributed by atoms with E-state index in [4.69, 9.17) is 26.2 Å². The van der Waals surface area contributed by atoms with Gasteiger partial charge in [0.25, 0.3) is 22.6 Å². The van der Waals surface area contributed by atoms with Crippen LogP contribution in [0.4, 0.5) is 54.8 Å². The predicted octanol–water partition coefficient (Wildman–Crippen LogP) is 19.1. The molecule has 4 unspecified atom stereocenters. The summed E-state index contributed by atoms with van der Waals surface area (Å²) in [6.45, 7) is 25.3. The number of carboxylic acids is 1. The molecule has 4 heterocycles. The van der Waals surface area contributed by atoms with Crippen molar-refractivity contribution in [1.82, 2.24) is 9.80 Å². The van der Waals surface area contributed by atoms with Crippen molar-refractivity contribution in [3.05, 3.63) is 201 Å². The monoisotopic (exact) mass is 1940 g/mol. The number of nitrogens with one attached hydrogen (secondary N) is 3. The van der Waals surface area contributed by atoms with Crippen LogP contribution in [0.25, 0.3) is 0 Å². The number of nitro benzene ring substituents is 1. The number of likely N-dealkylation sites (N-methyl/N-ethyl adjacent to an activating group) is 4. The zero-order valence-corrected chi connectivity index (χ0v) is 75.5. The second-order valence-electron chi connectivity index (χ2n) is 28.7. The number of carbonyl (C=O) groups excluding carboxylic acids is 3. The fraction of sp³-hybridized carbons (Fsp3) is 0.494. The topological polar surface area (TPSA) is 264 Å². The summed E-state index contributed by atoms with van der Waals surface area (Å²) < 4.78 is 78.9. The Kier molecular flexibility index (Phi) is 53.2. The second-order valence-corrected chi connectivity index (χ2v) is 28.7. The van der Waals surface area contributed by atoms with Crippen molar-refractivity contribution in [2.45, 2.75) is 184 Å². The number of aliphatic carboxylic acids is 1. The number of nitrogens with zero attached hydrogens (tertiary/aromatic N) is 6. The van der Waals surface area contributed by atoms with Gasteiger partial charge < -0.3 is 41.0 Å². The van der Waals surface area contributed by atoms with E-state index < -0.39 is 21.8 Å². The van der Waals surface area contributed by atoms with Gasteiger partial charge in [0.15, 0.2) is 12.1 Å². The molecule has 0 aromatic heterocycles. The number of alkyl halides is 1. The van der Waals surface area contributed by atoms with Gasteiger partial charge >= 0.3 is 35.1 Å². The fourth-order valence-electron chi connectivity index (χ4n) is 13.4. The molecular weight excluding hydrogens is 1830 g/mol. The number of anilines is 4. The molecule has 6 aromatic carbocycles. The number of aryl methyl sites for hydroxylation is 12. The number of quaternary nitrogens is 2. The Bertz CT molecular complexity index is 3710. The fourth-order valence-corrected chi connectivity index (χ4v) is 13.4. The van der Waals surface area contributed by atoms with Crippen LogP contribution in [-0.2, 0) is 39.2 Å². The van der Waals surface area contributed by atoms with Gasteiger partial charge in [-0.1, -0.05) is 41.5 Å². The van der Waals surface area contributed by atoms with Crippen molar-refractivity contribution in [1.29, 1.82) is 0 Å². The summed E-state index contributed by atoms with van der Waals surface area (Å²) in [6, 6.07) is 18.6. The van der Waals surface area contributed by atoms with Crippen molar-refractivity contribution in [2.75, 3.05) is 95.1 Å². The first-order valence-electron chi connectivity index (χ1n) is 35.4. The molecule has 4 fully saturated rings. The number of rotatable bonds is 8. The number of hydrogen-bond donors (Lipinski definition) is 6. The number of carbonyl (C=O) groups is 4. The van der Waals surface area contributed by atoms with E-state index in [-0.39, 0.29) is 125 Å². The van der Waals surface area contributed by atoms with Gasteiger partial charge in [0.1, 0.15) is 40.9 Å². The van der Waals surface area contributed by atoms with Crippen LogP contribution in [0.1, 0.15) is 144 Å². The molecule has 4 atom stereocenters. The maximum absolute atomic E-state index is 13.3. The van der Waals surface area contributed by atoms with Crippen molar-refractivity contribution in [2.24, 2.45) is 0 Å². The van der Waals surface area contributed by atoms with Crippen LogP contribution in [0, 0.1) is 138 Å². The van der Waals surface area contributed by atoms with Crippen LogP contribution >= 0.6 is 80.6 Å². The maximum atomic E-state index is 13.3. The van der Waals surface area contributed by atoms with E-state index in [2.05, 4.69) is 101 Å². The Morgan fingerprint density at radius 2 is 0.721 bits per heavy atom. The molecule has 628 valence electrons. The molecule has 6 aromatic rings. The van der Waals surface area contributed by atoms with E-state index >= 15 is 0 Å². The van der Waals surface area contributed by atoms with Gasteiger partial charge in [-0.3, -0.25) is 39.1 Å². The molecule has 0 spiro atoms. The number of nitrogens with two attached hydrogens (primary N) is 1. The molecule has 3 amide bonds. The summed E-state index contributed by atoms with van der Waals surface area (Å²) in [7, 11) is 16.7. The first kappa shape index (κ1) is 109.